The fourth-order valence-corrected chi connectivity index (χ4v) is 2.40. The van der Waals surface area contributed by atoms with Gasteiger partial charge in [-0.1, -0.05) is 0 Å². The number of likely N-dealkylation sites (N-methyl/N-ethyl adjacent to an activating group) is 1. The average Bonchev–Trinajstić information content (AvgIpc) is 2.69. The summed E-state index contributed by atoms with van der Waals surface area (Å²) in [6.07, 6.45) is 2.97. The molecule has 4 nitrogen and oxygen atoms in total. The summed E-state index contributed by atoms with van der Waals surface area (Å²) in [7, 11) is 4.27. The number of rotatable bonds is 4. The zero-order valence-electron chi connectivity index (χ0n) is 10.9. The minimum Gasteiger partial charge on any atom is -0.468 e. The van der Waals surface area contributed by atoms with Gasteiger partial charge in [0.15, 0.2) is 0 Å². The van der Waals surface area contributed by atoms with Gasteiger partial charge in [-0.05, 0) is 39.2 Å². The Balaban J connectivity index is 1.98. The Hall–Kier alpha value is -0.840. The Kier molecular flexibility index (Phi) is 4.59. The molecule has 0 aromatic carbocycles. The highest BCUT2D eigenvalue weighted by Gasteiger charge is 2.22. The van der Waals surface area contributed by atoms with E-state index in [0.29, 0.717) is 6.04 Å². The van der Waals surface area contributed by atoms with Crippen LogP contribution in [0.1, 0.15) is 12.2 Å². The smallest absolute Gasteiger partial charge is 0.117 e. The van der Waals surface area contributed by atoms with Crippen molar-refractivity contribution in [3.63, 3.8) is 0 Å². The molecule has 1 aliphatic heterocycles. The number of nitrogens with one attached hydrogen (secondary N) is 1. The van der Waals surface area contributed by atoms with E-state index < -0.39 is 0 Å². The van der Waals surface area contributed by atoms with Crippen molar-refractivity contribution in [1.29, 1.82) is 0 Å². The van der Waals surface area contributed by atoms with Gasteiger partial charge in [0.2, 0.25) is 0 Å². The predicted octanol–water partition coefficient (Wildman–Crippen LogP) is 1.01. The minimum absolute atomic E-state index is 0.567. The second-order valence-corrected chi connectivity index (χ2v) is 5.02. The van der Waals surface area contributed by atoms with Crippen LogP contribution in [0.3, 0.4) is 0 Å². The van der Waals surface area contributed by atoms with Gasteiger partial charge in [-0.25, -0.2) is 0 Å². The molecule has 1 aromatic heterocycles. The first kappa shape index (κ1) is 12.6. The molecular formula is C13H23N3O. The number of hydrogen-bond donors (Lipinski definition) is 1. The van der Waals surface area contributed by atoms with Crippen molar-refractivity contribution in [2.45, 2.75) is 19.0 Å². The van der Waals surface area contributed by atoms with Crippen molar-refractivity contribution in [3.05, 3.63) is 24.2 Å². The van der Waals surface area contributed by atoms with Gasteiger partial charge < -0.3 is 14.6 Å². The first-order valence-electron chi connectivity index (χ1n) is 6.37. The lowest BCUT2D eigenvalue weighted by molar-refractivity contribution is 0.154. The maximum absolute atomic E-state index is 5.45. The molecule has 1 unspecified atom stereocenters. The lowest BCUT2D eigenvalue weighted by atomic mass is 10.2. The van der Waals surface area contributed by atoms with E-state index >= 15 is 0 Å². The molecule has 1 aromatic rings. The van der Waals surface area contributed by atoms with Crippen LogP contribution in [-0.4, -0.2) is 56.1 Å². The summed E-state index contributed by atoms with van der Waals surface area (Å²) in [6.45, 7) is 5.35. The fraction of sp³-hybridized carbons (Fsp3) is 0.692. The molecule has 0 spiro atoms. The molecule has 0 amide bonds. The van der Waals surface area contributed by atoms with E-state index in [2.05, 4.69) is 35.3 Å². The molecule has 4 heteroatoms. The third kappa shape index (κ3) is 3.84. The largest absolute Gasteiger partial charge is 0.468 e. The van der Waals surface area contributed by atoms with Crippen LogP contribution in [0, 0.1) is 0 Å². The summed E-state index contributed by atoms with van der Waals surface area (Å²) in [5, 5.41) is 3.51. The van der Waals surface area contributed by atoms with Gasteiger partial charge in [-0.15, -0.1) is 0 Å². The zero-order valence-corrected chi connectivity index (χ0v) is 10.9. The van der Waals surface area contributed by atoms with Crippen LogP contribution >= 0.6 is 0 Å². The van der Waals surface area contributed by atoms with Crippen molar-refractivity contribution in [2.75, 3.05) is 40.3 Å². The van der Waals surface area contributed by atoms with Gasteiger partial charge in [0.25, 0.3) is 0 Å². The van der Waals surface area contributed by atoms with Gasteiger partial charge >= 0.3 is 0 Å². The van der Waals surface area contributed by atoms with Gasteiger partial charge in [0, 0.05) is 25.7 Å². The third-order valence-electron chi connectivity index (χ3n) is 3.21. The molecular weight excluding hydrogens is 214 g/mol. The second kappa shape index (κ2) is 6.19. The lowest BCUT2D eigenvalue weighted by Crippen LogP contribution is -2.45. The average molecular weight is 237 g/mol. The number of nitrogens with zero attached hydrogens (tertiary/aromatic N) is 2. The van der Waals surface area contributed by atoms with E-state index in [1.54, 1.807) is 6.26 Å². The first-order chi connectivity index (χ1) is 8.25. The molecule has 1 aliphatic rings. The molecule has 0 radical (unpaired) electrons. The Morgan fingerprint density at radius 1 is 1.53 bits per heavy atom. The molecule has 1 N–H and O–H groups in total. The maximum atomic E-state index is 5.45. The van der Waals surface area contributed by atoms with Crippen LogP contribution in [-0.2, 0) is 6.54 Å². The van der Waals surface area contributed by atoms with Crippen LogP contribution in [0.25, 0.3) is 0 Å². The third-order valence-corrected chi connectivity index (χ3v) is 3.21. The van der Waals surface area contributed by atoms with Crippen LogP contribution in [0.5, 0.6) is 0 Å². The summed E-state index contributed by atoms with van der Waals surface area (Å²) in [5.41, 5.74) is 0. The highest BCUT2D eigenvalue weighted by Crippen LogP contribution is 2.12. The fourth-order valence-electron chi connectivity index (χ4n) is 2.40. The maximum Gasteiger partial charge on any atom is 0.117 e. The minimum atomic E-state index is 0.567. The van der Waals surface area contributed by atoms with Gasteiger partial charge in [0.05, 0.1) is 12.8 Å². The molecule has 0 aliphatic carbocycles. The van der Waals surface area contributed by atoms with Crippen LogP contribution in [0.4, 0.5) is 0 Å². The highest BCUT2D eigenvalue weighted by molar-refractivity contribution is 4.99. The lowest BCUT2D eigenvalue weighted by Gasteiger charge is -2.30. The summed E-state index contributed by atoms with van der Waals surface area (Å²) in [6, 6.07) is 4.59. The SMILES string of the molecule is CN(C)CC1CNCCCN1Cc1ccco1. The molecule has 2 heterocycles. The molecule has 1 fully saturated rings. The normalized spacial score (nSPS) is 22.9. The number of furan rings is 1. The summed E-state index contributed by atoms with van der Waals surface area (Å²) in [4.78, 5) is 4.78. The van der Waals surface area contributed by atoms with Crippen LogP contribution in [0.15, 0.2) is 22.8 Å². The van der Waals surface area contributed by atoms with Gasteiger partial charge in [0.1, 0.15) is 5.76 Å². The monoisotopic (exact) mass is 237 g/mol. The highest BCUT2D eigenvalue weighted by atomic mass is 16.3. The Morgan fingerprint density at radius 3 is 3.12 bits per heavy atom. The van der Waals surface area contributed by atoms with Crippen molar-refractivity contribution < 1.29 is 4.42 Å². The molecule has 0 saturated carbocycles. The number of hydrogen-bond acceptors (Lipinski definition) is 4. The molecule has 17 heavy (non-hydrogen) atoms. The molecule has 2 rings (SSSR count). The van der Waals surface area contributed by atoms with Crippen LogP contribution < -0.4 is 5.32 Å². The van der Waals surface area contributed by atoms with Crippen molar-refractivity contribution >= 4 is 0 Å². The van der Waals surface area contributed by atoms with E-state index in [1.807, 2.05) is 6.07 Å². The second-order valence-electron chi connectivity index (χ2n) is 5.02. The topological polar surface area (TPSA) is 31.6 Å². The predicted molar refractivity (Wildman–Crippen MR) is 68.9 cm³/mol. The van der Waals surface area contributed by atoms with Gasteiger partial charge in [-0.3, -0.25) is 4.90 Å². The van der Waals surface area contributed by atoms with Crippen molar-refractivity contribution in [3.8, 4) is 0 Å². The van der Waals surface area contributed by atoms with E-state index in [0.717, 1.165) is 38.5 Å². The molecule has 0 bridgehead atoms. The summed E-state index contributed by atoms with van der Waals surface area (Å²) >= 11 is 0. The zero-order chi connectivity index (χ0) is 12.1. The standard InChI is InChI=1S/C13H23N3O/c1-15(2)10-12-9-14-6-4-7-16(12)11-13-5-3-8-17-13/h3,5,8,12,14H,4,6-7,9-11H2,1-2H3. The quantitative estimate of drug-likeness (QED) is 0.847. The van der Waals surface area contributed by atoms with Gasteiger partial charge in [-0.2, -0.15) is 0 Å². The first-order valence-corrected chi connectivity index (χ1v) is 6.37. The molecule has 1 saturated heterocycles. The summed E-state index contributed by atoms with van der Waals surface area (Å²) in [5.74, 6) is 1.07. The van der Waals surface area contributed by atoms with E-state index in [4.69, 9.17) is 4.42 Å². The molecule has 96 valence electrons. The van der Waals surface area contributed by atoms with E-state index in [9.17, 15) is 0 Å². The van der Waals surface area contributed by atoms with Crippen molar-refractivity contribution in [2.24, 2.45) is 0 Å². The Labute approximate surface area is 104 Å². The van der Waals surface area contributed by atoms with E-state index in [-0.39, 0.29) is 0 Å². The molecule has 1 atom stereocenters. The van der Waals surface area contributed by atoms with Crippen LogP contribution in [0.2, 0.25) is 0 Å². The van der Waals surface area contributed by atoms with E-state index in [1.165, 1.54) is 6.42 Å². The summed E-state index contributed by atoms with van der Waals surface area (Å²) < 4.78 is 5.45. The Bertz CT molecular complexity index is 310. The Morgan fingerprint density at radius 2 is 2.41 bits per heavy atom. The van der Waals surface area contributed by atoms with Crippen molar-refractivity contribution in [1.82, 2.24) is 15.1 Å².